The zero-order chi connectivity index (χ0) is 15.5. The molecule has 1 aromatic rings. The van der Waals surface area contributed by atoms with E-state index in [4.69, 9.17) is 10.7 Å². The van der Waals surface area contributed by atoms with Gasteiger partial charge < -0.3 is 5.32 Å². The van der Waals surface area contributed by atoms with E-state index in [0.717, 1.165) is 12.1 Å². The molecule has 0 radical (unpaired) electrons. The molecular weight excluding hydrogens is 376 g/mol. The van der Waals surface area contributed by atoms with Gasteiger partial charge in [-0.3, -0.25) is 14.9 Å². The number of carbonyl (C=O) groups is 1. The van der Waals surface area contributed by atoms with Crippen LogP contribution in [0.3, 0.4) is 0 Å². The zero-order valence-corrected chi connectivity index (χ0v) is 13.4. The lowest BCUT2D eigenvalue weighted by Gasteiger charge is -2.08. The highest BCUT2D eigenvalue weighted by Crippen LogP contribution is 2.32. The molecule has 0 saturated carbocycles. The van der Waals surface area contributed by atoms with Gasteiger partial charge in [0.1, 0.15) is 4.90 Å². The summed E-state index contributed by atoms with van der Waals surface area (Å²) in [5.74, 6) is -0.621. The van der Waals surface area contributed by atoms with Crippen LogP contribution in [0, 0.1) is 10.1 Å². The second kappa shape index (κ2) is 6.51. The van der Waals surface area contributed by atoms with Gasteiger partial charge >= 0.3 is 0 Å². The summed E-state index contributed by atoms with van der Waals surface area (Å²) >= 11 is 2.95. The number of hydrogen-bond donors (Lipinski definition) is 1. The van der Waals surface area contributed by atoms with Gasteiger partial charge in [-0.25, -0.2) is 8.42 Å². The zero-order valence-electron chi connectivity index (χ0n) is 10.2. The van der Waals surface area contributed by atoms with Gasteiger partial charge in [-0.05, 0) is 22.4 Å². The predicted octanol–water partition coefficient (Wildman–Crippen LogP) is 2.42. The molecule has 0 heterocycles. The first-order valence-electron chi connectivity index (χ1n) is 5.39. The number of carbonyl (C=O) groups excluding carboxylic acids is 1. The summed E-state index contributed by atoms with van der Waals surface area (Å²) in [5.41, 5.74) is -0.694. The minimum Gasteiger partial charge on any atom is -0.352 e. The van der Waals surface area contributed by atoms with Crippen LogP contribution in [0.2, 0.25) is 0 Å². The normalized spacial score (nSPS) is 11.2. The van der Waals surface area contributed by atoms with Crippen LogP contribution in [0.1, 0.15) is 23.7 Å². The van der Waals surface area contributed by atoms with Gasteiger partial charge in [-0.2, -0.15) is 0 Å². The van der Waals surface area contributed by atoms with Crippen molar-refractivity contribution in [2.45, 2.75) is 18.2 Å². The smallest absolute Gasteiger partial charge is 0.271 e. The second-order valence-corrected chi connectivity index (χ2v) is 7.08. The summed E-state index contributed by atoms with van der Waals surface area (Å²) in [6.07, 6.45) is 0.666. The highest BCUT2D eigenvalue weighted by molar-refractivity contribution is 9.10. The van der Waals surface area contributed by atoms with Crippen LogP contribution in [-0.4, -0.2) is 25.8 Å². The number of nitrogens with zero attached hydrogens (tertiary/aromatic N) is 1. The van der Waals surface area contributed by atoms with E-state index in [2.05, 4.69) is 21.2 Å². The fraction of sp³-hybridized carbons (Fsp3) is 0.300. The van der Waals surface area contributed by atoms with Crippen molar-refractivity contribution in [3.8, 4) is 0 Å². The molecule has 110 valence electrons. The number of nitro groups is 1. The number of hydrogen-bond acceptors (Lipinski definition) is 5. The van der Waals surface area contributed by atoms with Gasteiger partial charge in [0, 0.05) is 29.4 Å². The van der Waals surface area contributed by atoms with E-state index < -0.39 is 30.5 Å². The van der Waals surface area contributed by atoms with Crippen LogP contribution < -0.4 is 5.32 Å². The Morgan fingerprint density at radius 1 is 1.50 bits per heavy atom. The minimum absolute atomic E-state index is 0.105. The topological polar surface area (TPSA) is 106 Å². The number of rotatable bonds is 5. The molecule has 0 atom stereocenters. The molecule has 20 heavy (non-hydrogen) atoms. The molecule has 1 rings (SSSR count). The number of nitrogens with one attached hydrogen (secondary N) is 1. The first-order valence-corrected chi connectivity index (χ1v) is 8.49. The molecule has 0 spiro atoms. The standard InChI is InChI=1S/C10H10BrClN2O5S/c1-2-3-13-10(15)7-4-6(14(16)17)5-8(9(7)11)20(12,18)19/h4-5H,2-3H2,1H3,(H,13,15). The van der Waals surface area contributed by atoms with Gasteiger partial charge in [0.05, 0.1) is 15.0 Å². The molecule has 0 aliphatic rings. The monoisotopic (exact) mass is 384 g/mol. The van der Waals surface area contributed by atoms with Gasteiger partial charge in [-0.15, -0.1) is 0 Å². The Bertz CT molecular complexity index is 662. The number of nitro benzene ring substituents is 1. The van der Waals surface area contributed by atoms with E-state index in [1.165, 1.54) is 0 Å². The summed E-state index contributed by atoms with van der Waals surface area (Å²) in [6.45, 7) is 2.19. The van der Waals surface area contributed by atoms with Crippen LogP contribution in [0.15, 0.2) is 21.5 Å². The van der Waals surface area contributed by atoms with Gasteiger partial charge in [0.25, 0.3) is 20.6 Å². The van der Waals surface area contributed by atoms with Gasteiger partial charge in [0.2, 0.25) is 0 Å². The first kappa shape index (κ1) is 16.9. The largest absolute Gasteiger partial charge is 0.352 e. The molecule has 0 aliphatic heterocycles. The lowest BCUT2D eigenvalue weighted by molar-refractivity contribution is -0.385. The third kappa shape index (κ3) is 3.90. The molecule has 0 bridgehead atoms. The molecule has 1 amide bonds. The Balaban J connectivity index is 3.47. The fourth-order valence-corrected chi connectivity index (χ4v) is 3.64. The van der Waals surface area contributed by atoms with Crippen molar-refractivity contribution in [3.63, 3.8) is 0 Å². The van der Waals surface area contributed by atoms with Crippen LogP contribution >= 0.6 is 26.6 Å². The molecular formula is C10H10BrClN2O5S. The predicted molar refractivity (Wildman–Crippen MR) is 76.5 cm³/mol. The molecule has 0 aliphatic carbocycles. The number of amides is 1. The SMILES string of the molecule is CCCNC(=O)c1cc([N+](=O)[O-])cc(S(=O)(=O)Cl)c1Br. The Kier molecular flexibility index (Phi) is 5.49. The van der Waals surface area contributed by atoms with Crippen molar-refractivity contribution >= 4 is 47.3 Å². The van der Waals surface area contributed by atoms with Crippen LogP contribution in [-0.2, 0) is 9.05 Å². The molecule has 0 fully saturated rings. The third-order valence-electron chi connectivity index (χ3n) is 2.28. The maximum Gasteiger partial charge on any atom is 0.271 e. The van der Waals surface area contributed by atoms with Crippen LogP contribution in [0.4, 0.5) is 5.69 Å². The maximum absolute atomic E-state index is 11.9. The maximum atomic E-state index is 11.9. The highest BCUT2D eigenvalue weighted by Gasteiger charge is 2.25. The number of benzene rings is 1. The first-order chi connectivity index (χ1) is 9.18. The van der Waals surface area contributed by atoms with E-state index >= 15 is 0 Å². The van der Waals surface area contributed by atoms with Crippen molar-refractivity contribution < 1.29 is 18.1 Å². The third-order valence-corrected chi connectivity index (χ3v) is 4.74. The Hall–Kier alpha value is -1.19. The molecule has 1 N–H and O–H groups in total. The lowest BCUT2D eigenvalue weighted by Crippen LogP contribution is -2.24. The summed E-state index contributed by atoms with van der Waals surface area (Å²) in [6, 6.07) is 1.78. The molecule has 10 heteroatoms. The molecule has 0 saturated heterocycles. The van der Waals surface area contributed by atoms with E-state index in [0.29, 0.717) is 13.0 Å². The van der Waals surface area contributed by atoms with Crippen molar-refractivity contribution in [2.24, 2.45) is 0 Å². The van der Waals surface area contributed by atoms with E-state index in [1.807, 2.05) is 6.92 Å². The second-order valence-electron chi connectivity index (χ2n) is 3.76. The van der Waals surface area contributed by atoms with E-state index in [9.17, 15) is 23.3 Å². The Morgan fingerprint density at radius 2 is 2.10 bits per heavy atom. The Morgan fingerprint density at radius 3 is 2.55 bits per heavy atom. The summed E-state index contributed by atoms with van der Waals surface area (Å²) in [4.78, 5) is 21.4. The summed E-state index contributed by atoms with van der Waals surface area (Å²) in [5, 5.41) is 13.3. The van der Waals surface area contributed by atoms with Crippen molar-refractivity contribution in [1.82, 2.24) is 5.32 Å². The minimum atomic E-state index is -4.23. The summed E-state index contributed by atoms with van der Waals surface area (Å²) < 4.78 is 22.7. The van der Waals surface area contributed by atoms with E-state index in [1.54, 1.807) is 0 Å². The summed E-state index contributed by atoms with van der Waals surface area (Å²) in [7, 11) is 0.984. The molecule has 7 nitrogen and oxygen atoms in total. The quantitative estimate of drug-likeness (QED) is 0.476. The average molecular weight is 386 g/mol. The van der Waals surface area contributed by atoms with Crippen molar-refractivity contribution in [3.05, 3.63) is 32.3 Å². The lowest BCUT2D eigenvalue weighted by atomic mass is 10.2. The average Bonchev–Trinajstić information content (AvgIpc) is 2.34. The Labute approximate surface area is 128 Å². The van der Waals surface area contributed by atoms with Crippen LogP contribution in [0.5, 0.6) is 0 Å². The van der Waals surface area contributed by atoms with Crippen molar-refractivity contribution in [1.29, 1.82) is 0 Å². The number of halogens is 2. The van der Waals surface area contributed by atoms with Gasteiger partial charge in [0.15, 0.2) is 0 Å². The molecule has 0 aromatic heterocycles. The van der Waals surface area contributed by atoms with Crippen molar-refractivity contribution in [2.75, 3.05) is 6.54 Å². The molecule has 1 aromatic carbocycles. The van der Waals surface area contributed by atoms with Gasteiger partial charge in [-0.1, -0.05) is 6.92 Å². The number of non-ortho nitro benzene ring substituents is 1. The van der Waals surface area contributed by atoms with E-state index in [-0.39, 0.29) is 10.0 Å². The highest BCUT2D eigenvalue weighted by atomic mass is 79.9. The molecule has 0 unspecified atom stereocenters. The van der Waals surface area contributed by atoms with Crippen LogP contribution in [0.25, 0.3) is 0 Å². The fourth-order valence-electron chi connectivity index (χ4n) is 1.37.